The summed E-state index contributed by atoms with van der Waals surface area (Å²) in [7, 11) is 1.63. The van der Waals surface area contributed by atoms with E-state index in [1.54, 1.807) is 32.2 Å². The number of halogens is 2. The molecule has 0 radical (unpaired) electrons. The molecule has 140 valence electrons. The van der Waals surface area contributed by atoms with Crippen LogP contribution in [0.5, 0.6) is 0 Å². The van der Waals surface area contributed by atoms with Gasteiger partial charge in [0.15, 0.2) is 0 Å². The molecule has 1 heterocycles. The molecule has 3 atom stereocenters. The molecule has 26 heavy (non-hydrogen) atoms. The Kier molecular flexibility index (Phi) is 5.49. The van der Waals surface area contributed by atoms with Crippen molar-refractivity contribution in [1.82, 2.24) is 10.2 Å². The molecule has 3 rings (SSSR count). The third-order valence-corrected chi connectivity index (χ3v) is 6.03. The normalized spacial score (nSPS) is 26.1. The van der Waals surface area contributed by atoms with Crippen LogP contribution in [0.1, 0.15) is 44.7 Å². The number of rotatable bonds is 3. The van der Waals surface area contributed by atoms with Crippen molar-refractivity contribution in [3.63, 3.8) is 0 Å². The highest BCUT2D eigenvalue weighted by molar-refractivity contribution is 6.42. The number of hydrogen-bond acceptors (Lipinski definition) is 3. The first-order valence-electron chi connectivity index (χ1n) is 8.70. The van der Waals surface area contributed by atoms with Crippen molar-refractivity contribution in [2.75, 3.05) is 7.05 Å². The van der Waals surface area contributed by atoms with Gasteiger partial charge in [-0.15, -0.1) is 0 Å². The Labute approximate surface area is 163 Å². The molecule has 0 saturated heterocycles. The van der Waals surface area contributed by atoms with E-state index in [-0.39, 0.29) is 12.1 Å². The summed E-state index contributed by atoms with van der Waals surface area (Å²) in [5.41, 5.74) is 1.68. The highest BCUT2D eigenvalue weighted by atomic mass is 35.5. The molecule has 2 amide bonds. The molecule has 1 saturated carbocycles. The summed E-state index contributed by atoms with van der Waals surface area (Å²) < 4.78 is 5.79. The average Bonchev–Trinajstić information content (AvgIpc) is 2.99. The van der Waals surface area contributed by atoms with Crippen LogP contribution in [0.4, 0.5) is 4.79 Å². The van der Waals surface area contributed by atoms with Crippen LogP contribution in [0.2, 0.25) is 10.0 Å². The number of nitrogens with zero attached hydrogens (tertiary/aromatic N) is 1. The zero-order valence-electron chi connectivity index (χ0n) is 15.0. The largest absolute Gasteiger partial charge is 0.459 e. The minimum atomic E-state index is -0.627. The minimum absolute atomic E-state index is 0.0832. The molecule has 2 aliphatic rings. The van der Waals surface area contributed by atoms with Crippen molar-refractivity contribution in [3.05, 3.63) is 45.1 Å². The molecule has 1 aliphatic carbocycles. The monoisotopic (exact) mass is 396 g/mol. The maximum atomic E-state index is 13.0. The topological polar surface area (TPSA) is 58.6 Å². The smallest absolute Gasteiger partial charge is 0.338 e. The van der Waals surface area contributed by atoms with Gasteiger partial charge in [0.25, 0.3) is 0 Å². The second-order valence-electron chi connectivity index (χ2n) is 6.97. The van der Waals surface area contributed by atoms with Gasteiger partial charge in [-0.2, -0.15) is 0 Å². The van der Waals surface area contributed by atoms with E-state index in [4.69, 9.17) is 27.9 Å². The summed E-state index contributed by atoms with van der Waals surface area (Å²) in [6.07, 6.45) is 2.91. The number of ether oxygens (including phenoxy) is 1. The van der Waals surface area contributed by atoms with Crippen LogP contribution in [0.15, 0.2) is 29.5 Å². The lowest BCUT2D eigenvalue weighted by Crippen LogP contribution is -2.46. The Balaban J connectivity index is 1.96. The Morgan fingerprint density at radius 1 is 1.27 bits per heavy atom. The van der Waals surface area contributed by atoms with Crippen molar-refractivity contribution >= 4 is 35.2 Å². The molecule has 0 bridgehead atoms. The van der Waals surface area contributed by atoms with Gasteiger partial charge in [0.2, 0.25) is 0 Å². The molecule has 1 aromatic carbocycles. The van der Waals surface area contributed by atoms with Gasteiger partial charge < -0.3 is 15.0 Å². The van der Waals surface area contributed by atoms with Crippen LogP contribution in [-0.2, 0) is 9.53 Å². The second kappa shape index (κ2) is 7.49. The second-order valence-corrected chi connectivity index (χ2v) is 7.78. The van der Waals surface area contributed by atoms with Gasteiger partial charge in [0.1, 0.15) is 6.10 Å². The van der Waals surface area contributed by atoms with Crippen molar-refractivity contribution in [2.24, 2.45) is 5.92 Å². The summed E-state index contributed by atoms with van der Waals surface area (Å²) in [5.74, 6) is -0.0524. The molecule has 0 aromatic heterocycles. The van der Waals surface area contributed by atoms with Crippen LogP contribution in [0.25, 0.3) is 0 Å². The lowest BCUT2D eigenvalue weighted by molar-refractivity contribution is -0.146. The van der Waals surface area contributed by atoms with Crippen molar-refractivity contribution in [2.45, 2.75) is 45.3 Å². The third kappa shape index (κ3) is 3.55. The maximum Gasteiger partial charge on any atom is 0.338 e. The number of allylic oxidation sites excluding steroid dienone is 1. The van der Waals surface area contributed by atoms with E-state index in [0.717, 1.165) is 19.3 Å². The number of amides is 2. The van der Waals surface area contributed by atoms with E-state index in [2.05, 4.69) is 12.2 Å². The number of carbonyl (C=O) groups excluding carboxylic acids is 2. The average molecular weight is 397 g/mol. The van der Waals surface area contributed by atoms with Crippen LogP contribution in [0.3, 0.4) is 0 Å². The van der Waals surface area contributed by atoms with Crippen LogP contribution >= 0.6 is 23.2 Å². The molecule has 1 aromatic rings. The first-order valence-corrected chi connectivity index (χ1v) is 9.46. The quantitative estimate of drug-likeness (QED) is 0.753. The predicted molar refractivity (Wildman–Crippen MR) is 101 cm³/mol. The predicted octanol–water partition coefficient (Wildman–Crippen LogP) is 4.70. The van der Waals surface area contributed by atoms with Gasteiger partial charge in [-0.25, -0.2) is 9.59 Å². The van der Waals surface area contributed by atoms with Crippen LogP contribution < -0.4 is 5.32 Å². The summed E-state index contributed by atoms with van der Waals surface area (Å²) in [6.45, 7) is 3.84. The number of esters is 1. The van der Waals surface area contributed by atoms with E-state index >= 15 is 0 Å². The standard InChI is InChI=1S/C19H22Cl2N2O3/c1-10-5-4-6-15(10)26-18(24)16-11(2)23(3)19(25)22-17(16)12-7-8-13(20)14(21)9-12/h7-10,15,17H,4-6H2,1-3H3,(H,22,25)/t10-,15-,17+/m0/s1. The van der Waals surface area contributed by atoms with E-state index in [1.165, 1.54) is 4.90 Å². The van der Waals surface area contributed by atoms with E-state index in [1.807, 2.05) is 0 Å². The highest BCUT2D eigenvalue weighted by Gasteiger charge is 2.37. The van der Waals surface area contributed by atoms with Gasteiger partial charge >= 0.3 is 12.0 Å². The number of hydrogen-bond donors (Lipinski definition) is 1. The highest BCUT2D eigenvalue weighted by Crippen LogP contribution is 2.35. The molecule has 0 unspecified atom stereocenters. The number of nitrogens with one attached hydrogen (secondary N) is 1. The molecular formula is C19H22Cl2N2O3. The maximum absolute atomic E-state index is 13.0. The SMILES string of the molecule is CC1=C(C(=O)O[C@H]2CCC[C@@H]2C)[C@@H](c2ccc(Cl)c(Cl)c2)NC(=O)N1C. The Bertz CT molecular complexity index is 778. The number of urea groups is 1. The van der Waals surface area contributed by atoms with E-state index < -0.39 is 12.0 Å². The number of benzene rings is 1. The Morgan fingerprint density at radius 3 is 2.62 bits per heavy atom. The molecular weight excluding hydrogens is 375 g/mol. The fraction of sp³-hybridized carbons (Fsp3) is 0.474. The zero-order valence-corrected chi connectivity index (χ0v) is 16.5. The molecule has 5 nitrogen and oxygen atoms in total. The Morgan fingerprint density at radius 2 is 2.00 bits per heavy atom. The fourth-order valence-electron chi connectivity index (χ4n) is 3.53. The van der Waals surface area contributed by atoms with Gasteiger partial charge in [-0.05, 0) is 49.8 Å². The van der Waals surface area contributed by atoms with Crippen molar-refractivity contribution in [3.8, 4) is 0 Å². The summed E-state index contributed by atoms with van der Waals surface area (Å²) >= 11 is 12.1. The third-order valence-electron chi connectivity index (χ3n) is 5.29. The lowest BCUT2D eigenvalue weighted by atomic mass is 9.95. The Hall–Kier alpha value is -1.72. The van der Waals surface area contributed by atoms with Gasteiger partial charge in [0, 0.05) is 12.7 Å². The molecule has 7 heteroatoms. The van der Waals surface area contributed by atoms with Crippen molar-refractivity contribution < 1.29 is 14.3 Å². The minimum Gasteiger partial charge on any atom is -0.459 e. The van der Waals surface area contributed by atoms with E-state index in [0.29, 0.717) is 32.8 Å². The molecule has 0 spiro atoms. The molecule has 1 fully saturated rings. The van der Waals surface area contributed by atoms with Crippen LogP contribution in [0, 0.1) is 5.92 Å². The fourth-order valence-corrected chi connectivity index (χ4v) is 3.84. The van der Waals surface area contributed by atoms with Gasteiger partial charge in [0.05, 0.1) is 21.7 Å². The first kappa shape index (κ1) is 19.1. The van der Waals surface area contributed by atoms with Crippen LogP contribution in [-0.4, -0.2) is 30.1 Å². The summed E-state index contributed by atoms with van der Waals surface area (Å²) in [5, 5.41) is 3.64. The van der Waals surface area contributed by atoms with Gasteiger partial charge in [-0.3, -0.25) is 0 Å². The lowest BCUT2D eigenvalue weighted by Gasteiger charge is -2.34. The number of carbonyl (C=O) groups is 2. The zero-order chi connectivity index (χ0) is 19.0. The van der Waals surface area contributed by atoms with Crippen molar-refractivity contribution in [1.29, 1.82) is 0 Å². The first-order chi connectivity index (χ1) is 12.3. The summed E-state index contributed by atoms with van der Waals surface area (Å²) in [4.78, 5) is 26.7. The molecule has 1 N–H and O–H groups in total. The summed E-state index contributed by atoms with van der Waals surface area (Å²) in [6, 6.07) is 4.16. The molecule has 1 aliphatic heterocycles. The van der Waals surface area contributed by atoms with Gasteiger partial charge in [-0.1, -0.05) is 36.2 Å². The van der Waals surface area contributed by atoms with E-state index in [9.17, 15) is 9.59 Å².